The number of para-hydroxylation sites is 2. The summed E-state index contributed by atoms with van der Waals surface area (Å²) in [4.78, 5) is 2.25. The van der Waals surface area contributed by atoms with Gasteiger partial charge in [-0.3, -0.25) is 0 Å². The second kappa shape index (κ2) is 12.3. The van der Waals surface area contributed by atoms with Gasteiger partial charge in [-0.2, -0.15) is 0 Å². The average Bonchev–Trinajstić information content (AvgIpc) is 2.81. The summed E-state index contributed by atoms with van der Waals surface area (Å²) in [6, 6.07) is 29.4. The molecule has 0 saturated heterocycles. The molecule has 0 heterocycles. The van der Waals surface area contributed by atoms with Gasteiger partial charge in [0.2, 0.25) is 0 Å². The molecule has 3 rings (SSSR count). The van der Waals surface area contributed by atoms with E-state index in [0.29, 0.717) is 26.2 Å². The van der Waals surface area contributed by atoms with E-state index in [1.807, 2.05) is 32.9 Å². The van der Waals surface area contributed by atoms with Crippen molar-refractivity contribution in [3.63, 3.8) is 0 Å². The van der Waals surface area contributed by atoms with Crippen molar-refractivity contribution in [1.29, 1.82) is 0 Å². The van der Waals surface area contributed by atoms with E-state index in [2.05, 4.69) is 77.7 Å². The van der Waals surface area contributed by atoms with Crippen molar-refractivity contribution in [3.8, 4) is 0 Å². The zero-order valence-electron chi connectivity index (χ0n) is 18.7. The summed E-state index contributed by atoms with van der Waals surface area (Å²) in [7, 11) is 0. The Morgan fingerprint density at radius 1 is 0.581 bits per heavy atom. The molecule has 3 aromatic carbocycles. The smallest absolute Gasteiger partial charge is 0.160 e. The number of nitrogens with zero attached hydrogens (tertiary/aromatic N) is 1. The van der Waals surface area contributed by atoms with Gasteiger partial charge in [0.15, 0.2) is 6.29 Å². The highest BCUT2D eigenvalue weighted by molar-refractivity contribution is 5.76. The zero-order chi connectivity index (χ0) is 21.9. The van der Waals surface area contributed by atoms with Gasteiger partial charge in [0, 0.05) is 43.3 Å². The van der Waals surface area contributed by atoms with Gasteiger partial charge in [0.25, 0.3) is 0 Å². The Bertz CT molecular complexity index is 823. The molecular weight excluding hydrogens is 386 g/mol. The Labute approximate surface area is 186 Å². The minimum absolute atomic E-state index is 0.0796. The molecule has 0 spiro atoms. The lowest BCUT2D eigenvalue weighted by molar-refractivity contribution is -0.158. The summed E-state index contributed by atoms with van der Waals surface area (Å²) >= 11 is 0. The monoisotopic (exact) mass is 419 g/mol. The van der Waals surface area contributed by atoms with Gasteiger partial charge < -0.3 is 19.1 Å². The van der Waals surface area contributed by atoms with E-state index in [9.17, 15) is 0 Å². The van der Waals surface area contributed by atoms with Crippen LogP contribution in [0.1, 0.15) is 38.9 Å². The van der Waals surface area contributed by atoms with E-state index in [0.717, 1.165) is 22.6 Å². The molecule has 164 valence electrons. The molecule has 0 amide bonds. The molecule has 0 saturated carbocycles. The molecule has 3 aromatic rings. The van der Waals surface area contributed by atoms with Crippen molar-refractivity contribution in [3.05, 3.63) is 90.5 Å². The van der Waals surface area contributed by atoms with Crippen LogP contribution in [0, 0.1) is 0 Å². The lowest BCUT2D eigenvalue weighted by atomic mass is 10.0. The van der Waals surface area contributed by atoms with Crippen molar-refractivity contribution in [1.82, 2.24) is 0 Å². The van der Waals surface area contributed by atoms with Gasteiger partial charge in [-0.1, -0.05) is 48.5 Å². The van der Waals surface area contributed by atoms with Crippen molar-refractivity contribution in [2.75, 3.05) is 24.7 Å². The summed E-state index contributed by atoms with van der Waals surface area (Å²) < 4.78 is 17.5. The predicted molar refractivity (Wildman–Crippen MR) is 127 cm³/mol. The standard InChI is InChI=1S/C27H33NO3/c1-4-29-26(21-27(30-5-2)31-6-3)22-17-19-25(20-18-22)28(23-13-9-7-10-14-23)24-15-11-8-12-16-24/h7-20,26-27H,4-6,21H2,1-3H3. The Hall–Kier alpha value is -2.66. The number of rotatable bonds is 12. The van der Waals surface area contributed by atoms with Crippen LogP contribution in [0.3, 0.4) is 0 Å². The van der Waals surface area contributed by atoms with Crippen molar-refractivity contribution in [2.45, 2.75) is 39.6 Å². The average molecular weight is 420 g/mol. The SMILES string of the molecule is CCOC(CC(OCC)c1ccc(N(c2ccccc2)c2ccccc2)cc1)OCC. The molecule has 1 unspecified atom stereocenters. The summed E-state index contributed by atoms with van der Waals surface area (Å²) in [5.41, 5.74) is 4.46. The Morgan fingerprint density at radius 3 is 1.48 bits per heavy atom. The van der Waals surface area contributed by atoms with E-state index >= 15 is 0 Å². The topological polar surface area (TPSA) is 30.9 Å². The molecule has 0 aliphatic carbocycles. The fourth-order valence-electron chi connectivity index (χ4n) is 3.67. The largest absolute Gasteiger partial charge is 0.374 e. The van der Waals surface area contributed by atoms with Gasteiger partial charge >= 0.3 is 0 Å². The minimum atomic E-state index is -0.267. The van der Waals surface area contributed by atoms with Crippen LogP contribution in [0.4, 0.5) is 17.1 Å². The fraction of sp³-hybridized carbons (Fsp3) is 0.333. The van der Waals surface area contributed by atoms with Gasteiger partial charge in [-0.25, -0.2) is 0 Å². The maximum Gasteiger partial charge on any atom is 0.160 e. The molecule has 0 radical (unpaired) electrons. The number of benzene rings is 3. The van der Waals surface area contributed by atoms with Crippen LogP contribution in [0.15, 0.2) is 84.9 Å². The van der Waals surface area contributed by atoms with Crippen LogP contribution >= 0.6 is 0 Å². The van der Waals surface area contributed by atoms with E-state index in [-0.39, 0.29) is 12.4 Å². The van der Waals surface area contributed by atoms with Gasteiger partial charge in [-0.05, 0) is 62.7 Å². The molecule has 0 fully saturated rings. The summed E-state index contributed by atoms with van der Waals surface area (Å²) in [5.74, 6) is 0. The van der Waals surface area contributed by atoms with E-state index < -0.39 is 0 Å². The second-order valence-electron chi connectivity index (χ2n) is 7.12. The number of hydrogen-bond donors (Lipinski definition) is 0. The Morgan fingerprint density at radius 2 is 1.03 bits per heavy atom. The van der Waals surface area contributed by atoms with Gasteiger partial charge in [-0.15, -0.1) is 0 Å². The van der Waals surface area contributed by atoms with Gasteiger partial charge in [0.05, 0.1) is 6.10 Å². The third-order valence-electron chi connectivity index (χ3n) is 5.03. The van der Waals surface area contributed by atoms with Crippen molar-refractivity contribution >= 4 is 17.1 Å². The molecule has 0 bridgehead atoms. The molecule has 0 N–H and O–H groups in total. The Kier molecular flexibility index (Phi) is 9.10. The zero-order valence-corrected chi connectivity index (χ0v) is 18.7. The lowest BCUT2D eigenvalue weighted by Crippen LogP contribution is -2.22. The third-order valence-corrected chi connectivity index (χ3v) is 5.03. The first kappa shape index (κ1) is 23.0. The van der Waals surface area contributed by atoms with Crippen LogP contribution in [-0.2, 0) is 14.2 Å². The van der Waals surface area contributed by atoms with Gasteiger partial charge in [0.1, 0.15) is 0 Å². The highest BCUT2D eigenvalue weighted by Gasteiger charge is 2.20. The van der Waals surface area contributed by atoms with Crippen LogP contribution in [0.2, 0.25) is 0 Å². The molecule has 0 aliphatic heterocycles. The maximum atomic E-state index is 6.05. The summed E-state index contributed by atoms with van der Waals surface area (Å²) in [6.45, 7) is 7.86. The summed E-state index contributed by atoms with van der Waals surface area (Å²) in [5, 5.41) is 0. The second-order valence-corrected chi connectivity index (χ2v) is 7.12. The van der Waals surface area contributed by atoms with E-state index in [1.54, 1.807) is 0 Å². The quantitative estimate of drug-likeness (QED) is 0.295. The van der Waals surface area contributed by atoms with E-state index in [1.165, 1.54) is 0 Å². The van der Waals surface area contributed by atoms with Crippen LogP contribution in [0.5, 0.6) is 0 Å². The van der Waals surface area contributed by atoms with E-state index in [4.69, 9.17) is 14.2 Å². The first-order valence-electron chi connectivity index (χ1n) is 11.1. The van der Waals surface area contributed by atoms with Crippen molar-refractivity contribution < 1.29 is 14.2 Å². The molecule has 4 heteroatoms. The number of hydrogen-bond acceptors (Lipinski definition) is 4. The number of anilines is 3. The highest BCUT2D eigenvalue weighted by Crippen LogP contribution is 2.35. The molecule has 4 nitrogen and oxygen atoms in total. The first-order valence-corrected chi connectivity index (χ1v) is 11.1. The molecule has 1 atom stereocenters. The van der Waals surface area contributed by atoms with Crippen molar-refractivity contribution in [2.24, 2.45) is 0 Å². The maximum absolute atomic E-state index is 6.05. The Balaban J connectivity index is 1.87. The minimum Gasteiger partial charge on any atom is -0.374 e. The normalized spacial score (nSPS) is 12.1. The third kappa shape index (κ3) is 6.41. The first-order chi connectivity index (χ1) is 15.3. The summed E-state index contributed by atoms with van der Waals surface area (Å²) in [6.07, 6.45) is 0.316. The molecule has 0 aromatic heterocycles. The highest BCUT2D eigenvalue weighted by atomic mass is 16.7. The fourth-order valence-corrected chi connectivity index (χ4v) is 3.67. The lowest BCUT2D eigenvalue weighted by Gasteiger charge is -2.27. The molecule has 31 heavy (non-hydrogen) atoms. The van der Waals surface area contributed by atoms with Crippen LogP contribution in [0.25, 0.3) is 0 Å². The number of ether oxygens (including phenoxy) is 3. The van der Waals surface area contributed by atoms with Crippen LogP contribution in [-0.4, -0.2) is 26.1 Å². The molecular formula is C27H33NO3. The predicted octanol–water partition coefficient (Wildman–Crippen LogP) is 7.02. The molecule has 0 aliphatic rings. The van der Waals surface area contributed by atoms with Crippen LogP contribution < -0.4 is 4.90 Å².